The van der Waals surface area contributed by atoms with E-state index in [0.717, 1.165) is 51.4 Å². The molecule has 8 nitrogen and oxygen atoms in total. The first-order valence-corrected chi connectivity index (χ1v) is 10.8. The highest BCUT2D eigenvalue weighted by atomic mass is 19.3. The number of anilines is 1. The summed E-state index contributed by atoms with van der Waals surface area (Å²) in [5.41, 5.74) is 4.15. The molecule has 3 aromatic rings. The van der Waals surface area contributed by atoms with Crippen molar-refractivity contribution < 1.29 is 18.3 Å². The summed E-state index contributed by atoms with van der Waals surface area (Å²) < 4.78 is 38.4. The number of aryl methyl sites for hydroxylation is 1. The third-order valence-electron chi connectivity index (χ3n) is 6.19. The lowest BCUT2D eigenvalue weighted by molar-refractivity contribution is 0.0139. The standard InChI is InChI=1S/C22H26F2N6O2/c1-28-19-4-9-31-20(17(19)11-27-28)12-29-5-7-30(8-6-29)15-2-3-18-16(10-15)22(26-14-25-18)32-13-21(23)24/h2-3,10-11,14,20-21H,4-9,12-13H2,1H3. The second kappa shape index (κ2) is 8.95. The van der Waals surface area contributed by atoms with Crippen molar-refractivity contribution in [3.63, 3.8) is 0 Å². The molecule has 2 aliphatic heterocycles. The van der Waals surface area contributed by atoms with Gasteiger partial charge in [-0.25, -0.2) is 18.7 Å². The molecule has 0 saturated carbocycles. The number of piperazine rings is 1. The van der Waals surface area contributed by atoms with Crippen LogP contribution in [0.5, 0.6) is 5.88 Å². The maximum Gasteiger partial charge on any atom is 0.272 e. The SMILES string of the molecule is Cn1ncc2c1CCOC2CN1CCN(c2ccc3ncnc(OCC(F)F)c3c2)CC1. The number of alkyl halides is 2. The average molecular weight is 444 g/mol. The van der Waals surface area contributed by atoms with Gasteiger partial charge in [0, 0.05) is 63.1 Å². The second-order valence-electron chi connectivity index (χ2n) is 8.15. The van der Waals surface area contributed by atoms with Gasteiger partial charge in [0.15, 0.2) is 6.61 Å². The summed E-state index contributed by atoms with van der Waals surface area (Å²) in [6, 6.07) is 5.82. The zero-order chi connectivity index (χ0) is 22.1. The fourth-order valence-electron chi connectivity index (χ4n) is 4.49. The van der Waals surface area contributed by atoms with Crippen molar-refractivity contribution in [1.82, 2.24) is 24.6 Å². The number of ether oxygens (including phenoxy) is 2. The van der Waals surface area contributed by atoms with Gasteiger partial charge < -0.3 is 14.4 Å². The number of fused-ring (bicyclic) bond motifs is 2. The first-order chi connectivity index (χ1) is 15.6. The van der Waals surface area contributed by atoms with E-state index in [1.807, 2.05) is 36.1 Å². The van der Waals surface area contributed by atoms with Crippen LogP contribution in [-0.2, 0) is 18.2 Å². The summed E-state index contributed by atoms with van der Waals surface area (Å²) in [4.78, 5) is 13.0. The molecule has 0 radical (unpaired) electrons. The van der Waals surface area contributed by atoms with Gasteiger partial charge >= 0.3 is 0 Å². The maximum atomic E-state index is 12.6. The molecule has 0 amide bonds. The Hall–Kier alpha value is -2.85. The minimum absolute atomic E-state index is 0.0614. The van der Waals surface area contributed by atoms with E-state index in [1.54, 1.807) is 0 Å². The van der Waals surface area contributed by atoms with Crippen molar-refractivity contribution in [2.75, 3.05) is 50.8 Å². The van der Waals surface area contributed by atoms with Crippen LogP contribution in [0.15, 0.2) is 30.7 Å². The van der Waals surface area contributed by atoms with E-state index in [2.05, 4.69) is 24.9 Å². The number of hydrogen-bond donors (Lipinski definition) is 0. The van der Waals surface area contributed by atoms with Crippen LogP contribution < -0.4 is 9.64 Å². The van der Waals surface area contributed by atoms with Crippen molar-refractivity contribution in [1.29, 1.82) is 0 Å². The minimum Gasteiger partial charge on any atom is -0.471 e. The molecule has 1 aromatic carbocycles. The van der Waals surface area contributed by atoms with E-state index in [0.29, 0.717) is 10.9 Å². The normalized spacial score (nSPS) is 19.5. The molecule has 4 heterocycles. The summed E-state index contributed by atoms with van der Waals surface area (Å²) in [6.45, 7) is 4.44. The molecule has 2 aromatic heterocycles. The highest BCUT2D eigenvalue weighted by molar-refractivity contribution is 5.86. The Morgan fingerprint density at radius 1 is 1.19 bits per heavy atom. The highest BCUT2D eigenvalue weighted by Gasteiger charge is 2.28. The van der Waals surface area contributed by atoms with Gasteiger partial charge in [0.05, 0.1) is 29.8 Å². The number of nitrogens with zero attached hydrogens (tertiary/aromatic N) is 6. The maximum absolute atomic E-state index is 12.6. The smallest absolute Gasteiger partial charge is 0.272 e. The highest BCUT2D eigenvalue weighted by Crippen LogP contribution is 2.30. The molecule has 1 unspecified atom stereocenters. The molecular weight excluding hydrogens is 418 g/mol. The number of benzene rings is 1. The summed E-state index contributed by atoms with van der Waals surface area (Å²) in [5.74, 6) is 0.192. The lowest BCUT2D eigenvalue weighted by Gasteiger charge is -2.38. The molecule has 1 fully saturated rings. The van der Waals surface area contributed by atoms with Crippen molar-refractivity contribution in [3.8, 4) is 5.88 Å². The average Bonchev–Trinajstić information content (AvgIpc) is 3.19. The van der Waals surface area contributed by atoms with Crippen LogP contribution in [0, 0.1) is 0 Å². The Morgan fingerprint density at radius 3 is 2.84 bits per heavy atom. The monoisotopic (exact) mass is 444 g/mol. The molecule has 32 heavy (non-hydrogen) atoms. The molecule has 2 aliphatic rings. The first-order valence-electron chi connectivity index (χ1n) is 10.8. The Morgan fingerprint density at radius 2 is 2.03 bits per heavy atom. The van der Waals surface area contributed by atoms with Crippen LogP contribution in [0.1, 0.15) is 17.4 Å². The predicted molar refractivity (Wildman–Crippen MR) is 115 cm³/mol. The minimum atomic E-state index is -2.55. The molecule has 1 atom stereocenters. The number of hydrogen-bond acceptors (Lipinski definition) is 7. The van der Waals surface area contributed by atoms with Crippen LogP contribution in [0.25, 0.3) is 10.9 Å². The Balaban J connectivity index is 1.25. The van der Waals surface area contributed by atoms with Crippen LogP contribution in [0.3, 0.4) is 0 Å². The molecule has 1 saturated heterocycles. The van der Waals surface area contributed by atoms with Crippen LogP contribution >= 0.6 is 0 Å². The van der Waals surface area contributed by atoms with Gasteiger partial charge in [0.1, 0.15) is 6.33 Å². The van der Waals surface area contributed by atoms with Crippen molar-refractivity contribution in [2.24, 2.45) is 7.05 Å². The van der Waals surface area contributed by atoms with E-state index in [1.165, 1.54) is 17.6 Å². The van der Waals surface area contributed by atoms with Gasteiger partial charge in [-0.05, 0) is 18.2 Å². The van der Waals surface area contributed by atoms with Crippen molar-refractivity contribution >= 4 is 16.6 Å². The second-order valence-corrected chi connectivity index (χ2v) is 8.15. The Kier molecular flexibility index (Phi) is 5.88. The van der Waals surface area contributed by atoms with Crippen LogP contribution in [0.4, 0.5) is 14.5 Å². The van der Waals surface area contributed by atoms with Crippen LogP contribution in [0.2, 0.25) is 0 Å². The summed E-state index contributed by atoms with van der Waals surface area (Å²) >= 11 is 0. The van der Waals surface area contributed by atoms with Crippen LogP contribution in [-0.4, -0.2) is 77.0 Å². The topological polar surface area (TPSA) is 68.5 Å². The molecule has 0 N–H and O–H groups in total. The zero-order valence-corrected chi connectivity index (χ0v) is 18.0. The van der Waals surface area contributed by atoms with E-state index in [-0.39, 0.29) is 12.0 Å². The number of rotatable bonds is 6. The van der Waals surface area contributed by atoms with Gasteiger partial charge in [0.25, 0.3) is 6.43 Å². The first kappa shape index (κ1) is 21.0. The van der Waals surface area contributed by atoms with E-state index in [4.69, 9.17) is 9.47 Å². The summed E-state index contributed by atoms with van der Waals surface area (Å²) in [6.07, 6.45) is 1.69. The lowest BCUT2D eigenvalue weighted by Crippen LogP contribution is -2.48. The zero-order valence-electron chi connectivity index (χ0n) is 18.0. The molecule has 5 rings (SSSR count). The van der Waals surface area contributed by atoms with Gasteiger partial charge in [-0.3, -0.25) is 9.58 Å². The van der Waals surface area contributed by atoms with Gasteiger partial charge in [-0.15, -0.1) is 0 Å². The Labute approximate surface area is 184 Å². The van der Waals surface area contributed by atoms with Crippen molar-refractivity contribution in [2.45, 2.75) is 19.0 Å². The predicted octanol–water partition coefficient (Wildman–Crippen LogP) is 2.44. The third kappa shape index (κ3) is 4.24. The quantitative estimate of drug-likeness (QED) is 0.579. The number of aromatic nitrogens is 4. The molecule has 0 spiro atoms. The fourth-order valence-corrected chi connectivity index (χ4v) is 4.49. The molecule has 0 aliphatic carbocycles. The molecular formula is C22H26F2N6O2. The number of halogens is 2. The molecule has 10 heteroatoms. The van der Waals surface area contributed by atoms with Gasteiger partial charge in [-0.1, -0.05) is 0 Å². The largest absolute Gasteiger partial charge is 0.471 e. The summed E-state index contributed by atoms with van der Waals surface area (Å²) in [7, 11) is 1.98. The van der Waals surface area contributed by atoms with Crippen molar-refractivity contribution in [3.05, 3.63) is 42.0 Å². The van der Waals surface area contributed by atoms with Gasteiger partial charge in [-0.2, -0.15) is 5.10 Å². The van der Waals surface area contributed by atoms with Gasteiger partial charge in [0.2, 0.25) is 5.88 Å². The van der Waals surface area contributed by atoms with E-state index >= 15 is 0 Å². The van der Waals surface area contributed by atoms with E-state index < -0.39 is 13.0 Å². The lowest BCUT2D eigenvalue weighted by atomic mass is 10.0. The molecule has 170 valence electrons. The Bertz CT molecular complexity index is 1080. The molecule has 0 bridgehead atoms. The summed E-state index contributed by atoms with van der Waals surface area (Å²) in [5, 5.41) is 5.04. The van der Waals surface area contributed by atoms with E-state index in [9.17, 15) is 8.78 Å². The fraction of sp³-hybridized carbons (Fsp3) is 0.500. The third-order valence-corrected chi connectivity index (χ3v) is 6.19.